The van der Waals surface area contributed by atoms with Crippen molar-refractivity contribution in [2.75, 3.05) is 17.2 Å². The number of ether oxygens (including phenoxy) is 2. The number of aryl methyl sites for hydroxylation is 1. The molecule has 3 aliphatic rings. The number of alkyl halides is 2. The quantitative estimate of drug-likeness (QED) is 0.544. The molecule has 2 heterocycles. The molecule has 6 rings (SSSR count). The molecule has 2 aliphatic heterocycles. The summed E-state index contributed by atoms with van der Waals surface area (Å²) in [5.41, 5.74) is 6.39. The fourth-order valence-electron chi connectivity index (χ4n) is 4.75. The highest BCUT2D eigenvalue weighted by Crippen LogP contribution is 2.52. The summed E-state index contributed by atoms with van der Waals surface area (Å²) in [5.74, 6) is -0.214. The summed E-state index contributed by atoms with van der Waals surface area (Å²) in [6, 6.07) is 16.9. The van der Waals surface area contributed by atoms with Crippen LogP contribution in [-0.2, 0) is 16.6 Å². The lowest BCUT2D eigenvalue weighted by Crippen LogP contribution is -2.28. The van der Waals surface area contributed by atoms with Crippen LogP contribution in [0.4, 0.5) is 20.2 Å². The Balaban J connectivity index is 1.26. The van der Waals surface area contributed by atoms with Gasteiger partial charge >= 0.3 is 6.29 Å². The predicted molar refractivity (Wildman–Crippen MR) is 121 cm³/mol. The Morgan fingerprint density at radius 1 is 1.00 bits per heavy atom. The molecule has 1 saturated carbocycles. The zero-order chi connectivity index (χ0) is 22.8. The molecule has 0 spiro atoms. The molecule has 2 N–H and O–H groups in total. The zero-order valence-corrected chi connectivity index (χ0v) is 18.0. The SMILES string of the molecule is Cc1ccc(NC(=O)C2(c3ccc4c(c3)OC(F)(F)O4)CC2)cc1-c1ccc2c(c1)CCN2. The van der Waals surface area contributed by atoms with Gasteiger partial charge in [0.1, 0.15) is 0 Å². The van der Waals surface area contributed by atoms with Gasteiger partial charge in [-0.15, -0.1) is 8.78 Å². The van der Waals surface area contributed by atoms with Crippen molar-refractivity contribution in [1.29, 1.82) is 0 Å². The second-order valence-corrected chi connectivity index (χ2v) is 8.94. The van der Waals surface area contributed by atoms with E-state index < -0.39 is 11.7 Å². The summed E-state index contributed by atoms with van der Waals surface area (Å²) >= 11 is 0. The number of nitrogens with one attached hydrogen (secondary N) is 2. The van der Waals surface area contributed by atoms with Crippen LogP contribution in [0.15, 0.2) is 54.6 Å². The van der Waals surface area contributed by atoms with Crippen LogP contribution in [0.5, 0.6) is 11.5 Å². The van der Waals surface area contributed by atoms with E-state index >= 15 is 0 Å². The van der Waals surface area contributed by atoms with Crippen molar-refractivity contribution in [1.82, 2.24) is 0 Å². The minimum Gasteiger partial charge on any atom is -0.395 e. The van der Waals surface area contributed by atoms with Gasteiger partial charge in [-0.05, 0) is 90.4 Å². The van der Waals surface area contributed by atoms with Crippen molar-refractivity contribution in [3.05, 3.63) is 71.3 Å². The van der Waals surface area contributed by atoms with Gasteiger partial charge in [0.15, 0.2) is 11.5 Å². The highest BCUT2D eigenvalue weighted by molar-refractivity contribution is 6.02. The van der Waals surface area contributed by atoms with Crippen molar-refractivity contribution in [2.24, 2.45) is 0 Å². The molecular formula is C26H22F2N2O3. The summed E-state index contributed by atoms with van der Waals surface area (Å²) in [6.07, 6.45) is -1.38. The van der Waals surface area contributed by atoms with Crippen molar-refractivity contribution < 1.29 is 23.0 Å². The first kappa shape index (κ1) is 20.0. The molecule has 1 fully saturated rings. The van der Waals surface area contributed by atoms with Crippen molar-refractivity contribution in [3.63, 3.8) is 0 Å². The smallest absolute Gasteiger partial charge is 0.395 e. The molecule has 0 aromatic heterocycles. The minimum atomic E-state index is -3.67. The maximum Gasteiger partial charge on any atom is 0.586 e. The molecular weight excluding hydrogens is 426 g/mol. The van der Waals surface area contributed by atoms with Crippen molar-refractivity contribution >= 4 is 17.3 Å². The Morgan fingerprint density at radius 3 is 2.64 bits per heavy atom. The van der Waals surface area contributed by atoms with E-state index in [-0.39, 0.29) is 17.4 Å². The Kier molecular flexibility index (Phi) is 4.21. The molecule has 5 nitrogen and oxygen atoms in total. The average molecular weight is 448 g/mol. The second-order valence-electron chi connectivity index (χ2n) is 8.94. The van der Waals surface area contributed by atoms with Crippen LogP contribution in [0.25, 0.3) is 11.1 Å². The Hall–Kier alpha value is -3.61. The number of benzene rings is 3. The topological polar surface area (TPSA) is 59.6 Å². The van der Waals surface area contributed by atoms with Crippen molar-refractivity contribution in [2.45, 2.75) is 37.9 Å². The van der Waals surface area contributed by atoms with E-state index in [1.807, 2.05) is 18.2 Å². The standard InChI is InChI=1S/C26H22F2N2O3/c1-15-2-5-19(14-20(15)16-3-6-21-17(12-16)8-11-29-21)30-24(31)25(9-10-25)18-4-7-22-23(13-18)33-26(27,28)32-22/h2-7,12-14,29H,8-11H2,1H3,(H,30,31). The highest BCUT2D eigenvalue weighted by atomic mass is 19.3. The number of carbonyl (C=O) groups is 1. The monoisotopic (exact) mass is 448 g/mol. The van der Waals surface area contributed by atoms with Crippen LogP contribution < -0.4 is 20.1 Å². The maximum absolute atomic E-state index is 13.4. The fraction of sp³-hybridized carbons (Fsp3) is 0.269. The first-order chi connectivity index (χ1) is 15.8. The van der Waals surface area contributed by atoms with Gasteiger partial charge in [0.25, 0.3) is 0 Å². The van der Waals surface area contributed by atoms with Gasteiger partial charge in [-0.3, -0.25) is 4.79 Å². The third kappa shape index (κ3) is 3.39. The van der Waals surface area contributed by atoms with Crippen LogP contribution >= 0.6 is 0 Å². The van der Waals surface area contributed by atoms with E-state index in [1.165, 1.54) is 23.4 Å². The van der Waals surface area contributed by atoms with Gasteiger partial charge in [0.05, 0.1) is 5.41 Å². The van der Waals surface area contributed by atoms with Gasteiger partial charge in [-0.2, -0.15) is 0 Å². The number of halogens is 2. The van der Waals surface area contributed by atoms with Crippen LogP contribution in [0.3, 0.4) is 0 Å². The Labute approximate surface area is 189 Å². The predicted octanol–water partition coefficient (Wildman–Crippen LogP) is 5.62. The van der Waals surface area contributed by atoms with Crippen LogP contribution in [0.2, 0.25) is 0 Å². The third-order valence-corrected chi connectivity index (χ3v) is 6.76. The molecule has 3 aromatic carbocycles. The first-order valence-electron chi connectivity index (χ1n) is 11.0. The summed E-state index contributed by atoms with van der Waals surface area (Å²) < 4.78 is 35.8. The lowest BCUT2D eigenvalue weighted by Gasteiger charge is -2.17. The van der Waals surface area contributed by atoms with Crippen molar-refractivity contribution in [3.8, 4) is 22.6 Å². The second kappa shape index (κ2) is 6.94. The number of fused-ring (bicyclic) bond motifs is 2. The first-order valence-corrected chi connectivity index (χ1v) is 11.0. The van der Waals surface area contributed by atoms with Gasteiger partial charge in [0.2, 0.25) is 5.91 Å². The van der Waals surface area contributed by atoms with Gasteiger partial charge in [-0.1, -0.05) is 18.2 Å². The molecule has 1 aliphatic carbocycles. The fourth-order valence-corrected chi connectivity index (χ4v) is 4.75. The van der Waals surface area contributed by atoms with Crippen LogP contribution in [0, 0.1) is 6.92 Å². The van der Waals surface area contributed by atoms with Gasteiger partial charge in [-0.25, -0.2) is 0 Å². The number of amides is 1. The van der Waals surface area contributed by atoms with E-state index in [0.717, 1.165) is 29.7 Å². The lowest BCUT2D eigenvalue weighted by atomic mass is 9.94. The number of carbonyl (C=O) groups excluding carboxylic acids is 1. The average Bonchev–Trinajstić information content (AvgIpc) is 3.35. The number of rotatable bonds is 4. The van der Waals surface area contributed by atoms with E-state index in [2.05, 4.69) is 45.2 Å². The van der Waals surface area contributed by atoms with Crippen LogP contribution in [0.1, 0.15) is 29.5 Å². The van der Waals surface area contributed by atoms with E-state index in [9.17, 15) is 13.6 Å². The maximum atomic E-state index is 13.4. The zero-order valence-electron chi connectivity index (χ0n) is 18.0. The van der Waals surface area contributed by atoms with Gasteiger partial charge in [0, 0.05) is 17.9 Å². The van der Waals surface area contributed by atoms with Crippen LogP contribution in [-0.4, -0.2) is 18.7 Å². The molecule has 0 saturated heterocycles. The number of anilines is 2. The van der Waals surface area contributed by atoms with E-state index in [0.29, 0.717) is 24.1 Å². The third-order valence-electron chi connectivity index (χ3n) is 6.76. The summed E-state index contributed by atoms with van der Waals surface area (Å²) in [5, 5.41) is 6.42. The lowest BCUT2D eigenvalue weighted by molar-refractivity contribution is -0.286. The molecule has 0 radical (unpaired) electrons. The van der Waals surface area contributed by atoms with Gasteiger partial charge < -0.3 is 20.1 Å². The molecule has 168 valence electrons. The molecule has 3 aromatic rings. The molecule has 0 bridgehead atoms. The molecule has 0 atom stereocenters. The summed E-state index contributed by atoms with van der Waals surface area (Å²) in [7, 11) is 0. The Morgan fingerprint density at radius 2 is 1.82 bits per heavy atom. The number of hydrogen-bond donors (Lipinski definition) is 2. The molecule has 0 unspecified atom stereocenters. The Bertz CT molecular complexity index is 1300. The summed E-state index contributed by atoms with van der Waals surface area (Å²) in [4.78, 5) is 13.3. The highest BCUT2D eigenvalue weighted by Gasteiger charge is 2.52. The normalized spacial score (nSPS) is 18.4. The van der Waals surface area contributed by atoms with E-state index in [4.69, 9.17) is 0 Å². The number of hydrogen-bond acceptors (Lipinski definition) is 4. The summed E-state index contributed by atoms with van der Waals surface area (Å²) in [6.45, 7) is 3.00. The minimum absolute atomic E-state index is 0.0207. The largest absolute Gasteiger partial charge is 0.586 e. The van der Waals surface area contributed by atoms with E-state index in [1.54, 1.807) is 6.07 Å². The molecule has 7 heteroatoms. The molecule has 1 amide bonds. The molecule has 33 heavy (non-hydrogen) atoms.